The molecule has 0 spiro atoms. The SMILES string of the molecule is Cc1sc2ncn(CCC(=O)NCC3CCN(CCN(C)C)CC3)c(=O)c2c1C. The van der Waals surface area contributed by atoms with Gasteiger partial charge < -0.3 is 15.1 Å². The molecule has 2 aromatic rings. The van der Waals surface area contributed by atoms with Crippen LogP contribution in [0.1, 0.15) is 29.7 Å². The summed E-state index contributed by atoms with van der Waals surface area (Å²) in [6.45, 7) is 9.48. The number of hydrogen-bond donors (Lipinski definition) is 1. The van der Waals surface area contributed by atoms with E-state index in [-0.39, 0.29) is 11.5 Å². The standard InChI is InChI=1S/C21H33N5O2S/c1-15-16(2)29-20-19(15)21(28)26(14-23-20)10-7-18(27)22-13-17-5-8-25(9-6-17)12-11-24(3)4/h14,17H,5-13H2,1-4H3,(H,22,27). The van der Waals surface area contributed by atoms with Gasteiger partial charge in [-0.05, 0) is 65.4 Å². The van der Waals surface area contributed by atoms with Crippen molar-refractivity contribution in [1.82, 2.24) is 24.7 Å². The van der Waals surface area contributed by atoms with Gasteiger partial charge in [-0.2, -0.15) is 0 Å². The van der Waals surface area contributed by atoms with Crippen molar-refractivity contribution in [2.75, 3.05) is 46.8 Å². The topological polar surface area (TPSA) is 70.5 Å². The summed E-state index contributed by atoms with van der Waals surface area (Å²) in [5.41, 5.74) is 0.952. The maximum atomic E-state index is 12.7. The number of aryl methyl sites for hydroxylation is 3. The van der Waals surface area contributed by atoms with Gasteiger partial charge >= 0.3 is 0 Å². The molecule has 0 atom stereocenters. The number of rotatable bonds is 8. The van der Waals surface area contributed by atoms with E-state index in [2.05, 4.69) is 34.2 Å². The van der Waals surface area contributed by atoms with Crippen LogP contribution in [0.2, 0.25) is 0 Å². The highest BCUT2D eigenvalue weighted by atomic mass is 32.1. The first-order chi connectivity index (χ1) is 13.8. The average Bonchev–Trinajstić information content (AvgIpc) is 2.99. The van der Waals surface area contributed by atoms with Gasteiger partial charge in [-0.15, -0.1) is 11.3 Å². The van der Waals surface area contributed by atoms with Crippen molar-refractivity contribution in [2.45, 2.75) is 39.7 Å². The molecule has 1 aliphatic heterocycles. The number of carbonyl (C=O) groups is 1. The third kappa shape index (κ3) is 5.65. The van der Waals surface area contributed by atoms with Crippen LogP contribution in [0.25, 0.3) is 10.2 Å². The van der Waals surface area contributed by atoms with Gasteiger partial charge in [0.25, 0.3) is 5.56 Å². The number of likely N-dealkylation sites (N-methyl/N-ethyl adjacent to an activating group) is 1. The van der Waals surface area contributed by atoms with Crippen molar-refractivity contribution in [3.63, 3.8) is 0 Å². The zero-order chi connectivity index (χ0) is 21.0. The summed E-state index contributed by atoms with van der Waals surface area (Å²) in [6.07, 6.45) is 4.13. The van der Waals surface area contributed by atoms with Crippen LogP contribution in [-0.2, 0) is 11.3 Å². The molecule has 3 rings (SSSR count). The van der Waals surface area contributed by atoms with Crippen molar-refractivity contribution >= 4 is 27.5 Å². The molecule has 0 saturated carbocycles. The summed E-state index contributed by atoms with van der Waals surface area (Å²) in [6, 6.07) is 0. The van der Waals surface area contributed by atoms with Gasteiger partial charge in [-0.3, -0.25) is 14.2 Å². The van der Waals surface area contributed by atoms with Crippen molar-refractivity contribution < 1.29 is 4.79 Å². The normalized spacial score (nSPS) is 16.0. The highest BCUT2D eigenvalue weighted by Gasteiger charge is 2.19. The number of hydrogen-bond acceptors (Lipinski definition) is 6. The van der Waals surface area contributed by atoms with Crippen molar-refractivity contribution in [3.05, 3.63) is 27.1 Å². The van der Waals surface area contributed by atoms with Crippen LogP contribution in [0.5, 0.6) is 0 Å². The molecule has 8 heteroatoms. The Morgan fingerprint density at radius 2 is 2.00 bits per heavy atom. The molecule has 0 radical (unpaired) electrons. The van der Waals surface area contributed by atoms with E-state index >= 15 is 0 Å². The molecule has 160 valence electrons. The van der Waals surface area contributed by atoms with E-state index in [9.17, 15) is 9.59 Å². The molecular weight excluding hydrogens is 386 g/mol. The fourth-order valence-corrected chi connectivity index (χ4v) is 4.74. The Bertz CT molecular complexity index is 896. The minimum Gasteiger partial charge on any atom is -0.356 e. The van der Waals surface area contributed by atoms with Crippen LogP contribution in [0.4, 0.5) is 0 Å². The molecule has 0 bridgehead atoms. The van der Waals surface area contributed by atoms with Gasteiger partial charge in [-0.1, -0.05) is 0 Å². The van der Waals surface area contributed by atoms with E-state index < -0.39 is 0 Å². The second kappa shape index (κ2) is 9.82. The first-order valence-electron chi connectivity index (χ1n) is 10.4. The summed E-state index contributed by atoms with van der Waals surface area (Å²) in [4.78, 5) is 36.0. The lowest BCUT2D eigenvalue weighted by atomic mass is 9.97. The van der Waals surface area contributed by atoms with E-state index in [4.69, 9.17) is 0 Å². The molecular formula is C21H33N5O2S. The second-order valence-electron chi connectivity index (χ2n) is 8.35. The summed E-state index contributed by atoms with van der Waals surface area (Å²) in [7, 11) is 4.21. The molecule has 3 heterocycles. The third-order valence-electron chi connectivity index (χ3n) is 5.89. The fourth-order valence-electron chi connectivity index (χ4n) is 3.75. The highest BCUT2D eigenvalue weighted by Crippen LogP contribution is 2.25. The Morgan fingerprint density at radius 1 is 1.28 bits per heavy atom. The molecule has 0 unspecified atom stereocenters. The van der Waals surface area contributed by atoms with Crippen LogP contribution in [0, 0.1) is 19.8 Å². The Kier molecular flexibility index (Phi) is 7.43. The molecule has 1 aliphatic rings. The lowest BCUT2D eigenvalue weighted by Gasteiger charge is -2.32. The Labute approximate surface area is 176 Å². The fraction of sp³-hybridized carbons (Fsp3) is 0.667. The molecule has 1 amide bonds. The lowest BCUT2D eigenvalue weighted by molar-refractivity contribution is -0.121. The largest absolute Gasteiger partial charge is 0.356 e. The molecule has 1 fully saturated rings. The van der Waals surface area contributed by atoms with E-state index in [0.717, 1.165) is 60.8 Å². The molecule has 2 aromatic heterocycles. The first kappa shape index (κ1) is 21.9. The van der Waals surface area contributed by atoms with Crippen LogP contribution in [0.15, 0.2) is 11.1 Å². The minimum atomic E-state index is -0.0465. The second-order valence-corrected chi connectivity index (χ2v) is 9.55. The molecule has 1 N–H and O–H groups in total. The van der Waals surface area contributed by atoms with Crippen molar-refractivity contribution in [2.24, 2.45) is 5.92 Å². The van der Waals surface area contributed by atoms with E-state index in [1.165, 1.54) is 0 Å². The summed E-state index contributed by atoms with van der Waals surface area (Å²) >= 11 is 1.54. The van der Waals surface area contributed by atoms with Gasteiger partial charge in [0.05, 0.1) is 11.7 Å². The number of nitrogens with one attached hydrogen (secondary N) is 1. The number of likely N-dealkylation sites (tertiary alicyclic amines) is 1. The van der Waals surface area contributed by atoms with E-state index in [0.29, 0.717) is 24.3 Å². The average molecular weight is 420 g/mol. The maximum absolute atomic E-state index is 12.7. The zero-order valence-electron chi connectivity index (χ0n) is 18.0. The number of nitrogens with zero attached hydrogens (tertiary/aromatic N) is 4. The predicted octanol–water partition coefficient (Wildman–Crippen LogP) is 1.85. The van der Waals surface area contributed by atoms with Gasteiger partial charge in [0.15, 0.2) is 0 Å². The van der Waals surface area contributed by atoms with Crippen molar-refractivity contribution in [3.8, 4) is 0 Å². The summed E-state index contributed by atoms with van der Waals surface area (Å²) < 4.78 is 1.56. The van der Waals surface area contributed by atoms with Crippen molar-refractivity contribution in [1.29, 1.82) is 0 Å². The molecule has 29 heavy (non-hydrogen) atoms. The Balaban J connectivity index is 1.43. The molecule has 1 saturated heterocycles. The zero-order valence-corrected chi connectivity index (χ0v) is 18.8. The number of aromatic nitrogens is 2. The van der Waals surface area contributed by atoms with Gasteiger partial charge in [0.2, 0.25) is 5.91 Å². The predicted molar refractivity (Wildman–Crippen MR) is 119 cm³/mol. The van der Waals surface area contributed by atoms with Gasteiger partial charge in [-0.25, -0.2) is 4.98 Å². The number of piperidine rings is 1. The molecule has 0 aromatic carbocycles. The summed E-state index contributed by atoms with van der Waals surface area (Å²) in [5.74, 6) is 0.553. The number of fused-ring (bicyclic) bond motifs is 1. The van der Waals surface area contributed by atoms with E-state index in [1.54, 1.807) is 22.2 Å². The Morgan fingerprint density at radius 3 is 2.69 bits per heavy atom. The molecule has 7 nitrogen and oxygen atoms in total. The van der Waals surface area contributed by atoms with E-state index in [1.807, 2.05) is 13.8 Å². The molecule has 0 aliphatic carbocycles. The number of thiophene rings is 1. The Hall–Kier alpha value is -1.77. The van der Waals surface area contributed by atoms with Crippen LogP contribution < -0.4 is 10.9 Å². The van der Waals surface area contributed by atoms with Crippen LogP contribution in [0.3, 0.4) is 0 Å². The van der Waals surface area contributed by atoms with Crippen LogP contribution in [-0.4, -0.2) is 72.1 Å². The third-order valence-corrected chi connectivity index (χ3v) is 7.01. The van der Waals surface area contributed by atoms with Gasteiger partial charge in [0, 0.05) is 37.5 Å². The monoisotopic (exact) mass is 419 g/mol. The first-order valence-corrected chi connectivity index (χ1v) is 11.3. The lowest BCUT2D eigenvalue weighted by Crippen LogP contribution is -2.41. The maximum Gasteiger partial charge on any atom is 0.262 e. The number of carbonyl (C=O) groups excluding carboxylic acids is 1. The smallest absolute Gasteiger partial charge is 0.262 e. The summed E-state index contributed by atoms with van der Waals surface area (Å²) in [5, 5.41) is 3.75. The van der Waals surface area contributed by atoms with Crippen LogP contribution >= 0.6 is 11.3 Å². The minimum absolute atomic E-state index is 0.00487. The highest BCUT2D eigenvalue weighted by molar-refractivity contribution is 7.18. The van der Waals surface area contributed by atoms with Gasteiger partial charge in [0.1, 0.15) is 4.83 Å². The number of amides is 1. The quantitative estimate of drug-likeness (QED) is 0.707.